The quantitative estimate of drug-likeness (QED) is 0.501. The number of aromatic nitrogens is 1. The van der Waals surface area contributed by atoms with Gasteiger partial charge in [0, 0.05) is 22.5 Å². The standard InChI is InChI=1S/C23H21NO3/c1-13(2)16-9-10-18-17(12-16)20(21-19(25)11-14(3)27-23(21)26)22(24-18)15-7-5-4-6-8-15/h4-13,24-25H,1-3H3. The van der Waals surface area contributed by atoms with Crippen LogP contribution in [0.25, 0.3) is 33.3 Å². The van der Waals surface area contributed by atoms with Crippen LogP contribution in [0.1, 0.15) is 31.1 Å². The van der Waals surface area contributed by atoms with E-state index in [9.17, 15) is 9.90 Å². The summed E-state index contributed by atoms with van der Waals surface area (Å²) in [5.41, 5.74) is 4.12. The van der Waals surface area contributed by atoms with Gasteiger partial charge in [0.2, 0.25) is 0 Å². The summed E-state index contributed by atoms with van der Waals surface area (Å²) in [4.78, 5) is 16.1. The first-order valence-electron chi connectivity index (χ1n) is 9.01. The predicted octanol–water partition coefficient (Wildman–Crippen LogP) is 5.59. The zero-order valence-electron chi connectivity index (χ0n) is 15.5. The van der Waals surface area contributed by atoms with Crippen LogP contribution in [0.4, 0.5) is 0 Å². The Morgan fingerprint density at radius 1 is 1.00 bits per heavy atom. The molecule has 2 heterocycles. The first-order chi connectivity index (χ1) is 13.0. The van der Waals surface area contributed by atoms with E-state index in [1.54, 1.807) is 6.92 Å². The molecular weight excluding hydrogens is 338 g/mol. The third-order valence-corrected chi connectivity index (χ3v) is 4.86. The zero-order chi connectivity index (χ0) is 19.1. The van der Waals surface area contributed by atoms with Crippen LogP contribution in [0.2, 0.25) is 0 Å². The van der Waals surface area contributed by atoms with E-state index in [1.807, 2.05) is 36.4 Å². The monoisotopic (exact) mass is 359 g/mol. The molecular formula is C23H21NO3. The van der Waals surface area contributed by atoms with E-state index in [1.165, 1.54) is 11.6 Å². The van der Waals surface area contributed by atoms with Crippen molar-refractivity contribution >= 4 is 10.9 Å². The number of aromatic amines is 1. The molecule has 136 valence electrons. The highest BCUT2D eigenvalue weighted by atomic mass is 16.4. The molecule has 0 spiro atoms. The molecule has 2 N–H and O–H groups in total. The van der Waals surface area contributed by atoms with E-state index in [0.29, 0.717) is 17.2 Å². The number of hydrogen-bond acceptors (Lipinski definition) is 3. The van der Waals surface area contributed by atoms with E-state index in [4.69, 9.17) is 4.42 Å². The molecule has 4 rings (SSSR count). The van der Waals surface area contributed by atoms with Crippen LogP contribution in [0.5, 0.6) is 5.75 Å². The molecule has 4 aromatic rings. The van der Waals surface area contributed by atoms with Crippen LogP contribution in [0, 0.1) is 6.92 Å². The summed E-state index contributed by atoms with van der Waals surface area (Å²) < 4.78 is 5.30. The third-order valence-electron chi connectivity index (χ3n) is 4.86. The first kappa shape index (κ1) is 17.2. The topological polar surface area (TPSA) is 66.2 Å². The third kappa shape index (κ3) is 2.93. The molecule has 0 radical (unpaired) electrons. The van der Waals surface area contributed by atoms with Crippen LogP contribution < -0.4 is 5.63 Å². The molecule has 0 bridgehead atoms. The number of hydrogen-bond donors (Lipinski definition) is 2. The predicted molar refractivity (Wildman–Crippen MR) is 108 cm³/mol. The highest BCUT2D eigenvalue weighted by molar-refractivity contribution is 6.05. The molecule has 0 saturated heterocycles. The van der Waals surface area contributed by atoms with Gasteiger partial charge in [-0.05, 0) is 36.1 Å². The molecule has 0 aliphatic heterocycles. The summed E-state index contributed by atoms with van der Waals surface area (Å²) in [7, 11) is 0. The van der Waals surface area contributed by atoms with Gasteiger partial charge in [0.05, 0.1) is 5.69 Å². The Kier molecular flexibility index (Phi) is 4.11. The van der Waals surface area contributed by atoms with Gasteiger partial charge in [-0.15, -0.1) is 0 Å². The molecule has 0 fully saturated rings. The molecule has 2 aromatic heterocycles. The minimum Gasteiger partial charge on any atom is -0.507 e. The van der Waals surface area contributed by atoms with Crippen molar-refractivity contribution in [2.75, 3.05) is 0 Å². The average Bonchev–Trinajstić information content (AvgIpc) is 3.00. The number of fused-ring (bicyclic) bond motifs is 1. The van der Waals surface area contributed by atoms with E-state index in [0.717, 1.165) is 22.2 Å². The second-order valence-electron chi connectivity index (χ2n) is 7.11. The molecule has 27 heavy (non-hydrogen) atoms. The second-order valence-corrected chi connectivity index (χ2v) is 7.11. The minimum absolute atomic E-state index is 0.0724. The zero-order valence-corrected chi connectivity index (χ0v) is 15.5. The average molecular weight is 359 g/mol. The second kappa shape index (κ2) is 6.47. The molecule has 0 saturated carbocycles. The maximum Gasteiger partial charge on any atom is 0.347 e. The fraction of sp³-hybridized carbons (Fsp3) is 0.174. The van der Waals surface area contributed by atoms with Gasteiger partial charge >= 0.3 is 5.63 Å². The van der Waals surface area contributed by atoms with Crippen LogP contribution in [0.15, 0.2) is 63.8 Å². The normalized spacial score (nSPS) is 11.4. The number of aryl methyl sites for hydroxylation is 1. The number of nitrogens with one attached hydrogen (secondary N) is 1. The van der Waals surface area contributed by atoms with E-state index < -0.39 is 5.63 Å². The van der Waals surface area contributed by atoms with Gasteiger partial charge in [0.25, 0.3) is 0 Å². The molecule has 0 unspecified atom stereocenters. The highest BCUT2D eigenvalue weighted by Crippen LogP contribution is 2.41. The SMILES string of the molecule is Cc1cc(O)c(-c2c(-c3ccccc3)[nH]c3ccc(C(C)C)cc23)c(=O)o1. The molecule has 0 aliphatic carbocycles. The number of benzene rings is 2. The number of rotatable bonds is 3. The van der Waals surface area contributed by atoms with Crippen molar-refractivity contribution < 1.29 is 9.52 Å². The summed E-state index contributed by atoms with van der Waals surface area (Å²) in [6.45, 7) is 5.90. The van der Waals surface area contributed by atoms with E-state index >= 15 is 0 Å². The Bertz CT molecular complexity index is 1180. The number of H-pyrrole nitrogens is 1. The van der Waals surface area contributed by atoms with Crippen molar-refractivity contribution in [2.24, 2.45) is 0 Å². The summed E-state index contributed by atoms with van der Waals surface area (Å²) in [5.74, 6) is 0.655. The molecule has 0 amide bonds. The maximum absolute atomic E-state index is 12.7. The lowest BCUT2D eigenvalue weighted by molar-refractivity contribution is 0.438. The molecule has 0 aliphatic rings. The Hall–Kier alpha value is -3.27. The van der Waals surface area contributed by atoms with Gasteiger partial charge in [-0.25, -0.2) is 4.79 Å². The lowest BCUT2D eigenvalue weighted by Gasteiger charge is -2.09. The van der Waals surface area contributed by atoms with Crippen LogP contribution in [0.3, 0.4) is 0 Å². The summed E-state index contributed by atoms with van der Waals surface area (Å²) in [6.07, 6.45) is 0. The maximum atomic E-state index is 12.7. The molecule has 0 atom stereocenters. The van der Waals surface area contributed by atoms with Crippen LogP contribution in [-0.4, -0.2) is 10.1 Å². The van der Waals surface area contributed by atoms with Gasteiger partial charge in [-0.2, -0.15) is 0 Å². The van der Waals surface area contributed by atoms with E-state index in [2.05, 4.69) is 31.0 Å². The lowest BCUT2D eigenvalue weighted by Crippen LogP contribution is -2.04. The van der Waals surface area contributed by atoms with Gasteiger partial charge in [0.1, 0.15) is 17.1 Å². The Morgan fingerprint density at radius 2 is 1.74 bits per heavy atom. The van der Waals surface area contributed by atoms with E-state index in [-0.39, 0.29) is 11.3 Å². The van der Waals surface area contributed by atoms with Crippen molar-refractivity contribution in [3.8, 4) is 28.1 Å². The van der Waals surface area contributed by atoms with Gasteiger partial charge in [0.15, 0.2) is 0 Å². The van der Waals surface area contributed by atoms with Crippen molar-refractivity contribution in [3.05, 3.63) is 76.3 Å². The van der Waals surface area contributed by atoms with Gasteiger partial charge < -0.3 is 14.5 Å². The highest BCUT2D eigenvalue weighted by Gasteiger charge is 2.22. The van der Waals surface area contributed by atoms with Crippen molar-refractivity contribution in [2.45, 2.75) is 26.7 Å². The van der Waals surface area contributed by atoms with Crippen molar-refractivity contribution in [3.63, 3.8) is 0 Å². The van der Waals surface area contributed by atoms with Gasteiger partial charge in [-0.3, -0.25) is 0 Å². The molecule has 4 heteroatoms. The van der Waals surface area contributed by atoms with Crippen LogP contribution in [-0.2, 0) is 0 Å². The Balaban J connectivity index is 2.13. The van der Waals surface area contributed by atoms with Crippen molar-refractivity contribution in [1.29, 1.82) is 0 Å². The smallest absolute Gasteiger partial charge is 0.347 e. The van der Waals surface area contributed by atoms with Crippen LogP contribution >= 0.6 is 0 Å². The van der Waals surface area contributed by atoms with Gasteiger partial charge in [-0.1, -0.05) is 50.2 Å². The lowest BCUT2D eigenvalue weighted by atomic mass is 9.95. The number of aromatic hydroxyl groups is 1. The molecule has 2 aromatic carbocycles. The largest absolute Gasteiger partial charge is 0.507 e. The molecule has 4 nitrogen and oxygen atoms in total. The summed E-state index contributed by atoms with van der Waals surface area (Å²) in [6, 6.07) is 17.5. The summed E-state index contributed by atoms with van der Waals surface area (Å²) >= 11 is 0. The summed E-state index contributed by atoms with van der Waals surface area (Å²) in [5, 5.41) is 11.5. The fourth-order valence-corrected chi connectivity index (χ4v) is 3.48. The minimum atomic E-state index is -0.541. The first-order valence-corrected chi connectivity index (χ1v) is 9.01. The Labute approximate surface area is 157 Å². The Morgan fingerprint density at radius 3 is 2.41 bits per heavy atom. The van der Waals surface area contributed by atoms with Crippen molar-refractivity contribution in [1.82, 2.24) is 4.98 Å². The fourth-order valence-electron chi connectivity index (χ4n) is 3.48.